The van der Waals surface area contributed by atoms with Crippen LogP contribution in [0.4, 0.5) is 0 Å². The average Bonchev–Trinajstić information content (AvgIpc) is 2.62. The van der Waals surface area contributed by atoms with Crippen LogP contribution in [-0.4, -0.2) is 8.42 Å². The molecular formula is C14H11ClO2S. The van der Waals surface area contributed by atoms with Gasteiger partial charge in [-0.3, -0.25) is 0 Å². The second-order valence-electron chi connectivity index (χ2n) is 4.38. The van der Waals surface area contributed by atoms with Crippen molar-refractivity contribution in [2.45, 2.75) is 17.7 Å². The minimum Gasteiger partial charge on any atom is -0.219 e. The summed E-state index contributed by atoms with van der Waals surface area (Å²) < 4.78 is 24.1. The van der Waals surface area contributed by atoms with Gasteiger partial charge in [0.2, 0.25) is 9.84 Å². The van der Waals surface area contributed by atoms with Crippen molar-refractivity contribution in [2.75, 3.05) is 0 Å². The molecule has 1 aromatic carbocycles. The SMILES string of the molecule is O=S1(=O)C=C(C2=CC=CCC2)c2cc(Cl)ccc21. The summed E-state index contributed by atoms with van der Waals surface area (Å²) in [5, 5.41) is 1.92. The van der Waals surface area contributed by atoms with Crippen LogP contribution in [-0.2, 0) is 9.84 Å². The van der Waals surface area contributed by atoms with E-state index in [1.54, 1.807) is 18.2 Å². The number of halogens is 1. The maximum atomic E-state index is 12.1. The van der Waals surface area contributed by atoms with E-state index in [0.29, 0.717) is 9.92 Å². The number of fused-ring (bicyclic) bond motifs is 1. The summed E-state index contributed by atoms with van der Waals surface area (Å²) in [5.41, 5.74) is 2.57. The second-order valence-corrected chi connectivity index (χ2v) is 6.58. The number of hydrogen-bond donors (Lipinski definition) is 0. The van der Waals surface area contributed by atoms with Crippen LogP contribution in [0, 0.1) is 0 Å². The molecule has 0 spiro atoms. The van der Waals surface area contributed by atoms with Crippen LogP contribution >= 0.6 is 11.6 Å². The zero-order valence-electron chi connectivity index (χ0n) is 9.56. The van der Waals surface area contributed by atoms with E-state index in [1.165, 1.54) is 5.41 Å². The molecule has 4 heteroatoms. The van der Waals surface area contributed by atoms with E-state index in [-0.39, 0.29) is 0 Å². The molecular weight excluding hydrogens is 268 g/mol. The van der Waals surface area contributed by atoms with Crippen molar-refractivity contribution >= 4 is 27.0 Å². The maximum Gasteiger partial charge on any atom is 0.201 e. The van der Waals surface area contributed by atoms with Crippen molar-refractivity contribution in [1.82, 2.24) is 0 Å². The Morgan fingerprint density at radius 1 is 1.22 bits per heavy atom. The number of allylic oxidation sites excluding steroid dienone is 5. The molecule has 0 saturated heterocycles. The van der Waals surface area contributed by atoms with Crippen molar-refractivity contribution in [1.29, 1.82) is 0 Å². The number of benzene rings is 1. The molecule has 1 aliphatic heterocycles. The molecule has 2 aliphatic rings. The summed E-state index contributed by atoms with van der Waals surface area (Å²) in [6.45, 7) is 0. The monoisotopic (exact) mass is 278 g/mol. The van der Waals surface area contributed by atoms with Crippen LogP contribution in [0.3, 0.4) is 0 Å². The van der Waals surface area contributed by atoms with Crippen LogP contribution in [0.2, 0.25) is 5.02 Å². The van der Waals surface area contributed by atoms with Crippen molar-refractivity contribution in [2.24, 2.45) is 0 Å². The van der Waals surface area contributed by atoms with Crippen molar-refractivity contribution in [3.63, 3.8) is 0 Å². The topological polar surface area (TPSA) is 34.1 Å². The largest absolute Gasteiger partial charge is 0.219 e. The summed E-state index contributed by atoms with van der Waals surface area (Å²) in [6, 6.07) is 4.92. The Morgan fingerprint density at radius 3 is 2.78 bits per heavy atom. The molecule has 2 nitrogen and oxygen atoms in total. The molecule has 1 heterocycles. The van der Waals surface area contributed by atoms with Crippen LogP contribution in [0.25, 0.3) is 5.57 Å². The predicted molar refractivity (Wildman–Crippen MR) is 73.1 cm³/mol. The highest BCUT2D eigenvalue weighted by molar-refractivity contribution is 7.95. The van der Waals surface area contributed by atoms with E-state index in [9.17, 15) is 8.42 Å². The minimum absolute atomic E-state index is 0.359. The fraction of sp³-hybridized carbons (Fsp3) is 0.143. The van der Waals surface area contributed by atoms with Gasteiger partial charge in [-0.15, -0.1) is 0 Å². The molecule has 1 aliphatic carbocycles. The quantitative estimate of drug-likeness (QED) is 0.784. The van der Waals surface area contributed by atoms with E-state index in [1.807, 2.05) is 12.2 Å². The first kappa shape index (κ1) is 11.8. The van der Waals surface area contributed by atoms with Crippen molar-refractivity contribution in [3.8, 4) is 0 Å². The lowest BCUT2D eigenvalue weighted by Gasteiger charge is -2.11. The summed E-state index contributed by atoms with van der Waals surface area (Å²) in [5.74, 6) is 0. The Hall–Kier alpha value is -1.32. The van der Waals surface area contributed by atoms with Gasteiger partial charge >= 0.3 is 0 Å². The van der Waals surface area contributed by atoms with Gasteiger partial charge in [-0.1, -0.05) is 29.8 Å². The lowest BCUT2D eigenvalue weighted by Crippen LogP contribution is -1.93. The molecule has 0 aromatic heterocycles. The summed E-state index contributed by atoms with van der Waals surface area (Å²) in [7, 11) is -3.31. The molecule has 0 bridgehead atoms. The first-order valence-electron chi connectivity index (χ1n) is 5.71. The standard InChI is InChI=1S/C14H11ClO2S/c15-11-6-7-14-12(8-11)13(9-18(14,16)17)10-4-2-1-3-5-10/h1-2,4,6-9H,3,5H2. The normalized spacial score (nSPS) is 20.3. The summed E-state index contributed by atoms with van der Waals surface area (Å²) >= 11 is 5.97. The molecule has 1 aromatic rings. The van der Waals surface area contributed by atoms with E-state index in [4.69, 9.17) is 11.6 Å². The van der Waals surface area contributed by atoms with Gasteiger partial charge in [0.15, 0.2) is 0 Å². The predicted octanol–water partition coefficient (Wildman–Crippen LogP) is 3.74. The fourth-order valence-electron chi connectivity index (χ4n) is 2.32. The van der Waals surface area contributed by atoms with Gasteiger partial charge < -0.3 is 0 Å². The van der Waals surface area contributed by atoms with E-state index < -0.39 is 9.84 Å². The van der Waals surface area contributed by atoms with E-state index >= 15 is 0 Å². The van der Waals surface area contributed by atoms with Gasteiger partial charge in [0.25, 0.3) is 0 Å². The summed E-state index contributed by atoms with van der Waals surface area (Å²) in [6.07, 6.45) is 7.82. The molecule has 0 radical (unpaired) electrons. The molecule has 0 atom stereocenters. The Labute approximate surface area is 111 Å². The maximum absolute atomic E-state index is 12.1. The third-order valence-corrected chi connectivity index (χ3v) is 4.92. The fourth-order valence-corrected chi connectivity index (χ4v) is 3.94. The van der Waals surface area contributed by atoms with Crippen LogP contribution in [0.5, 0.6) is 0 Å². The highest BCUT2D eigenvalue weighted by Crippen LogP contribution is 2.40. The molecule has 18 heavy (non-hydrogen) atoms. The zero-order valence-corrected chi connectivity index (χ0v) is 11.1. The van der Waals surface area contributed by atoms with Gasteiger partial charge in [0.05, 0.1) is 4.90 Å². The lowest BCUT2D eigenvalue weighted by atomic mass is 9.93. The molecule has 92 valence electrons. The van der Waals surface area contributed by atoms with Gasteiger partial charge in [-0.2, -0.15) is 0 Å². The third-order valence-electron chi connectivity index (χ3n) is 3.17. The number of rotatable bonds is 1. The first-order valence-corrected chi connectivity index (χ1v) is 7.63. The molecule has 0 unspecified atom stereocenters. The van der Waals surface area contributed by atoms with E-state index in [2.05, 4.69) is 6.08 Å². The van der Waals surface area contributed by atoms with Crippen LogP contribution in [0.15, 0.2) is 52.3 Å². The molecule has 3 rings (SSSR count). The second kappa shape index (κ2) is 4.11. The Bertz CT molecular complexity index is 709. The zero-order chi connectivity index (χ0) is 12.8. The average molecular weight is 279 g/mol. The highest BCUT2D eigenvalue weighted by Gasteiger charge is 2.28. The molecule has 0 N–H and O–H groups in total. The van der Waals surface area contributed by atoms with Crippen molar-refractivity contribution < 1.29 is 8.42 Å². The number of hydrogen-bond acceptors (Lipinski definition) is 2. The number of sulfone groups is 1. The summed E-state index contributed by atoms with van der Waals surface area (Å²) in [4.78, 5) is 0.359. The first-order chi connectivity index (χ1) is 8.58. The lowest BCUT2D eigenvalue weighted by molar-refractivity contribution is 0.605. The Kier molecular flexibility index (Phi) is 2.68. The Morgan fingerprint density at radius 2 is 2.06 bits per heavy atom. The van der Waals surface area contributed by atoms with Gasteiger partial charge in [-0.05, 0) is 42.2 Å². The molecule has 0 amide bonds. The highest BCUT2D eigenvalue weighted by atomic mass is 35.5. The molecule has 0 saturated carbocycles. The third kappa shape index (κ3) is 1.84. The van der Waals surface area contributed by atoms with Gasteiger partial charge in [0.1, 0.15) is 0 Å². The van der Waals surface area contributed by atoms with Gasteiger partial charge in [-0.25, -0.2) is 8.42 Å². The Balaban J connectivity index is 2.22. The smallest absolute Gasteiger partial charge is 0.201 e. The van der Waals surface area contributed by atoms with Crippen molar-refractivity contribution in [3.05, 3.63) is 58.0 Å². The minimum atomic E-state index is -3.31. The van der Waals surface area contributed by atoms with Crippen LogP contribution in [0.1, 0.15) is 18.4 Å². The van der Waals surface area contributed by atoms with E-state index in [0.717, 1.165) is 29.6 Å². The van der Waals surface area contributed by atoms with Gasteiger partial charge in [0, 0.05) is 16.0 Å². The molecule has 0 fully saturated rings. The van der Waals surface area contributed by atoms with Crippen LogP contribution < -0.4 is 0 Å².